The van der Waals surface area contributed by atoms with Crippen molar-refractivity contribution in [3.8, 4) is 0 Å². The fourth-order valence-electron chi connectivity index (χ4n) is 11.0. The number of hydrogen-bond donors (Lipinski definition) is 1. The Morgan fingerprint density at radius 1 is 0.844 bits per heavy atom. The van der Waals surface area contributed by atoms with Crippen molar-refractivity contribution in [2.24, 2.45) is 50.2 Å². The minimum atomic E-state index is -0.125. The molecule has 0 amide bonds. The Bertz CT molecular complexity index is 805. The Morgan fingerprint density at radius 2 is 1.53 bits per heavy atom. The predicted molar refractivity (Wildman–Crippen MR) is 135 cm³/mol. The third-order valence-electron chi connectivity index (χ3n) is 13.5. The van der Waals surface area contributed by atoms with Crippen LogP contribution in [0.4, 0.5) is 0 Å². The van der Waals surface area contributed by atoms with Gasteiger partial charge in [-0.15, -0.1) is 0 Å². The molecule has 8 atom stereocenters. The van der Waals surface area contributed by atoms with Gasteiger partial charge in [0.2, 0.25) is 0 Å². The maximum Gasteiger partial charge on any atom is 0.0594 e. The van der Waals surface area contributed by atoms with Crippen LogP contribution in [0.1, 0.15) is 126 Å². The van der Waals surface area contributed by atoms with Crippen molar-refractivity contribution in [2.75, 3.05) is 0 Å². The van der Waals surface area contributed by atoms with Crippen LogP contribution in [-0.2, 0) is 0 Å². The second-order valence-corrected chi connectivity index (χ2v) is 15.3. The highest BCUT2D eigenvalue weighted by molar-refractivity contribution is 5.33. The van der Waals surface area contributed by atoms with Crippen LogP contribution in [-0.4, -0.2) is 11.2 Å². The highest BCUT2D eigenvalue weighted by Crippen LogP contribution is 2.76. The van der Waals surface area contributed by atoms with Gasteiger partial charge in [-0.05, 0) is 121 Å². The molecule has 182 valence electrons. The molecule has 0 bridgehead atoms. The molecule has 1 N–H and O–H groups in total. The first-order valence-corrected chi connectivity index (χ1v) is 14.1. The molecule has 0 saturated heterocycles. The summed E-state index contributed by atoms with van der Waals surface area (Å²) in [4.78, 5) is 0. The summed E-state index contributed by atoms with van der Waals surface area (Å²) in [7, 11) is 0. The van der Waals surface area contributed by atoms with Gasteiger partial charge in [-0.2, -0.15) is 0 Å². The zero-order chi connectivity index (χ0) is 23.4. The average molecular weight is 441 g/mol. The van der Waals surface area contributed by atoms with Gasteiger partial charge < -0.3 is 5.11 Å². The van der Waals surface area contributed by atoms with Crippen molar-refractivity contribution < 1.29 is 5.11 Å². The zero-order valence-corrected chi connectivity index (χ0v) is 22.6. The quantitative estimate of drug-likeness (QED) is 0.405. The van der Waals surface area contributed by atoms with Gasteiger partial charge in [-0.1, -0.05) is 67.0 Å². The second-order valence-electron chi connectivity index (χ2n) is 15.3. The third-order valence-corrected chi connectivity index (χ3v) is 13.5. The van der Waals surface area contributed by atoms with E-state index in [9.17, 15) is 5.11 Å². The second kappa shape index (κ2) is 6.89. The smallest absolute Gasteiger partial charge is 0.0594 e. The lowest BCUT2D eigenvalue weighted by atomic mass is 9.33. The molecule has 0 aromatic carbocycles. The molecular weight excluding hydrogens is 388 g/mol. The summed E-state index contributed by atoms with van der Waals surface area (Å²) in [6.45, 7) is 20.4. The normalized spacial score (nSPS) is 53.8. The molecule has 1 heteroatoms. The highest BCUT2D eigenvalue weighted by atomic mass is 16.3. The predicted octanol–water partition coefficient (Wildman–Crippen LogP) is 8.56. The van der Waals surface area contributed by atoms with Gasteiger partial charge in [0.05, 0.1) is 6.10 Å². The largest absolute Gasteiger partial charge is 0.393 e. The SMILES string of the molecule is CC[C@]12CCC(C)(C)C[C@H]1C1=CC[C@H]3[C@@]4(C)CC[C@H](O)C(C)(C)[C@@H]4CC[C@@]3(C)[C@]1(C)CC2. The lowest BCUT2D eigenvalue weighted by Gasteiger charge is -2.71. The molecule has 32 heavy (non-hydrogen) atoms. The standard InChI is InChI=1S/C31H52O/c1-9-31-18-16-26(2,3)20-22(31)21-10-11-24-28(6)14-13-25(32)27(4,5)23(28)12-15-30(24,8)29(21,7)17-19-31/h10,22-25,32H,9,11-20H2,1-8H3/t22-,23-,24-,25-,28-,29+,30+,31+/m0/s1. The van der Waals surface area contributed by atoms with Crippen molar-refractivity contribution in [1.29, 1.82) is 0 Å². The molecule has 0 aromatic heterocycles. The van der Waals surface area contributed by atoms with Crippen LogP contribution < -0.4 is 0 Å². The minimum Gasteiger partial charge on any atom is -0.393 e. The highest BCUT2D eigenvalue weighted by Gasteiger charge is 2.68. The Morgan fingerprint density at radius 3 is 2.22 bits per heavy atom. The van der Waals surface area contributed by atoms with Crippen molar-refractivity contribution in [1.82, 2.24) is 0 Å². The first kappa shape index (κ1) is 23.4. The summed E-state index contributed by atoms with van der Waals surface area (Å²) < 4.78 is 0. The van der Waals surface area contributed by atoms with Gasteiger partial charge in [0.15, 0.2) is 0 Å². The first-order chi connectivity index (χ1) is 14.8. The Labute approximate surface area is 199 Å². The van der Waals surface area contributed by atoms with E-state index in [0.29, 0.717) is 33.0 Å². The molecule has 0 aliphatic heterocycles. The Kier molecular flexibility index (Phi) is 5.05. The summed E-state index contributed by atoms with van der Waals surface area (Å²) in [5, 5.41) is 10.9. The summed E-state index contributed by atoms with van der Waals surface area (Å²) in [6, 6.07) is 0. The van der Waals surface area contributed by atoms with Crippen LogP contribution in [0.25, 0.3) is 0 Å². The molecule has 5 rings (SSSR count). The van der Waals surface area contributed by atoms with E-state index in [2.05, 4.69) is 61.5 Å². The molecule has 4 saturated carbocycles. The topological polar surface area (TPSA) is 20.2 Å². The number of rotatable bonds is 1. The van der Waals surface area contributed by atoms with Crippen molar-refractivity contribution in [2.45, 2.75) is 132 Å². The number of aliphatic hydroxyl groups is 1. The third kappa shape index (κ3) is 2.79. The van der Waals surface area contributed by atoms with Crippen LogP contribution in [0.2, 0.25) is 0 Å². The maximum absolute atomic E-state index is 10.9. The molecule has 1 nitrogen and oxygen atoms in total. The molecule has 5 aliphatic carbocycles. The molecule has 0 aromatic rings. The monoisotopic (exact) mass is 440 g/mol. The summed E-state index contributed by atoms with van der Waals surface area (Å²) in [5.41, 5.74) is 4.15. The van der Waals surface area contributed by atoms with Crippen LogP contribution in [0, 0.1) is 50.2 Å². The minimum absolute atomic E-state index is 0.0521. The van der Waals surface area contributed by atoms with E-state index in [0.717, 1.165) is 18.3 Å². The van der Waals surface area contributed by atoms with Gasteiger partial charge >= 0.3 is 0 Å². The molecule has 4 fully saturated rings. The van der Waals surface area contributed by atoms with E-state index >= 15 is 0 Å². The number of fused-ring (bicyclic) bond motifs is 7. The Balaban J connectivity index is 1.58. The lowest BCUT2D eigenvalue weighted by Crippen LogP contribution is -2.64. The van der Waals surface area contributed by atoms with Crippen LogP contribution in [0.5, 0.6) is 0 Å². The van der Waals surface area contributed by atoms with E-state index in [-0.39, 0.29) is 11.5 Å². The summed E-state index contributed by atoms with van der Waals surface area (Å²) in [5.74, 6) is 2.23. The van der Waals surface area contributed by atoms with Crippen LogP contribution in [0.3, 0.4) is 0 Å². The summed E-state index contributed by atoms with van der Waals surface area (Å²) in [6.07, 6.45) is 17.3. The van der Waals surface area contributed by atoms with Gasteiger partial charge in [-0.3, -0.25) is 0 Å². The van der Waals surface area contributed by atoms with E-state index in [1.807, 2.05) is 5.57 Å². The maximum atomic E-state index is 10.9. The molecular formula is C31H52O. The molecule has 5 aliphatic rings. The molecule has 0 radical (unpaired) electrons. The molecule has 0 spiro atoms. The summed E-state index contributed by atoms with van der Waals surface area (Å²) >= 11 is 0. The molecule has 0 unspecified atom stereocenters. The fraction of sp³-hybridized carbons (Fsp3) is 0.935. The van der Waals surface area contributed by atoms with Gasteiger partial charge in [-0.25, -0.2) is 0 Å². The van der Waals surface area contributed by atoms with E-state index in [1.165, 1.54) is 64.2 Å². The number of allylic oxidation sites excluding steroid dienone is 2. The van der Waals surface area contributed by atoms with Crippen molar-refractivity contribution >= 4 is 0 Å². The Hall–Kier alpha value is -0.300. The van der Waals surface area contributed by atoms with Crippen LogP contribution in [0.15, 0.2) is 11.6 Å². The van der Waals surface area contributed by atoms with Crippen molar-refractivity contribution in [3.05, 3.63) is 11.6 Å². The zero-order valence-electron chi connectivity index (χ0n) is 22.6. The number of hydrogen-bond acceptors (Lipinski definition) is 1. The van der Waals surface area contributed by atoms with Gasteiger partial charge in [0, 0.05) is 0 Å². The van der Waals surface area contributed by atoms with Gasteiger partial charge in [0.1, 0.15) is 0 Å². The van der Waals surface area contributed by atoms with Crippen LogP contribution >= 0.6 is 0 Å². The fourth-order valence-corrected chi connectivity index (χ4v) is 11.0. The lowest BCUT2D eigenvalue weighted by molar-refractivity contribution is -0.203. The van der Waals surface area contributed by atoms with E-state index in [1.54, 1.807) is 0 Å². The number of aliphatic hydroxyl groups excluding tert-OH is 1. The van der Waals surface area contributed by atoms with Gasteiger partial charge in [0.25, 0.3) is 0 Å². The van der Waals surface area contributed by atoms with E-state index < -0.39 is 0 Å². The first-order valence-electron chi connectivity index (χ1n) is 14.1. The van der Waals surface area contributed by atoms with Crippen molar-refractivity contribution in [3.63, 3.8) is 0 Å². The average Bonchev–Trinajstić information content (AvgIpc) is 2.71. The molecule has 0 heterocycles. The van der Waals surface area contributed by atoms with E-state index in [4.69, 9.17) is 0 Å².